The first kappa shape index (κ1) is 19.9. The second-order valence-electron chi connectivity index (χ2n) is 6.48. The number of nitrogens with one attached hydrogen (secondary N) is 1. The van der Waals surface area contributed by atoms with Gasteiger partial charge >= 0.3 is 12.1 Å². The number of imide groups is 1. The van der Waals surface area contributed by atoms with E-state index in [9.17, 15) is 19.2 Å². The van der Waals surface area contributed by atoms with Crippen LogP contribution < -0.4 is 11.1 Å². The van der Waals surface area contributed by atoms with Crippen molar-refractivity contribution in [2.75, 3.05) is 6.54 Å². The number of ether oxygens (including phenoxy) is 1. The Balaban J connectivity index is 2.69. The average molecular weight is 343 g/mol. The average Bonchev–Trinajstić information content (AvgIpc) is 2.76. The highest BCUT2D eigenvalue weighted by atomic mass is 16.7. The Morgan fingerprint density at radius 3 is 2.29 bits per heavy atom. The summed E-state index contributed by atoms with van der Waals surface area (Å²) in [4.78, 5) is 52.0. The normalized spacial score (nSPS) is 16.1. The summed E-state index contributed by atoms with van der Waals surface area (Å²) in [5.41, 5.74) is 4.69. The monoisotopic (exact) mass is 343 g/mol. The summed E-state index contributed by atoms with van der Waals surface area (Å²) in [6, 6.07) is -1.03. The van der Waals surface area contributed by atoms with Crippen LogP contribution in [0.1, 0.15) is 52.9 Å². The van der Waals surface area contributed by atoms with Gasteiger partial charge in [0.15, 0.2) is 0 Å². The quantitative estimate of drug-likeness (QED) is 0.512. The Bertz CT molecular complexity index is 484. The molecule has 0 aromatic carbocycles. The first-order valence-electron chi connectivity index (χ1n) is 7.91. The molecule has 1 fully saturated rings. The number of carbonyl (C=O) groups excluding carboxylic acids is 4. The molecule has 1 atom stereocenters. The van der Waals surface area contributed by atoms with E-state index in [-0.39, 0.29) is 19.3 Å². The molecular formula is C15H25N3O6. The fourth-order valence-corrected chi connectivity index (χ4v) is 2.00. The lowest BCUT2D eigenvalue weighted by atomic mass is 10.1. The summed E-state index contributed by atoms with van der Waals surface area (Å²) in [5, 5.41) is 2.86. The fraction of sp³-hybridized carbons (Fsp3) is 0.733. The Morgan fingerprint density at radius 1 is 1.21 bits per heavy atom. The van der Waals surface area contributed by atoms with Crippen molar-refractivity contribution in [1.29, 1.82) is 0 Å². The molecule has 1 rings (SSSR count). The van der Waals surface area contributed by atoms with Crippen molar-refractivity contribution in [2.45, 2.75) is 64.5 Å². The number of carbonyl (C=O) groups is 4. The first-order valence-corrected chi connectivity index (χ1v) is 7.91. The van der Waals surface area contributed by atoms with Crippen molar-refractivity contribution in [3.63, 3.8) is 0 Å². The number of amides is 3. The highest BCUT2D eigenvalue weighted by Gasteiger charge is 2.35. The van der Waals surface area contributed by atoms with Gasteiger partial charge in [0.05, 0.1) is 0 Å². The van der Waals surface area contributed by atoms with Crippen LogP contribution in [0.3, 0.4) is 0 Å². The maximum absolute atomic E-state index is 12.2. The van der Waals surface area contributed by atoms with E-state index in [4.69, 9.17) is 15.3 Å². The van der Waals surface area contributed by atoms with E-state index >= 15 is 0 Å². The first-order chi connectivity index (χ1) is 11.1. The number of hydroxylamine groups is 2. The molecule has 1 aliphatic heterocycles. The van der Waals surface area contributed by atoms with E-state index in [1.165, 1.54) is 0 Å². The zero-order valence-electron chi connectivity index (χ0n) is 14.3. The summed E-state index contributed by atoms with van der Waals surface area (Å²) < 4.78 is 5.11. The van der Waals surface area contributed by atoms with Crippen LogP contribution >= 0.6 is 0 Å². The molecule has 0 radical (unpaired) electrons. The summed E-state index contributed by atoms with van der Waals surface area (Å²) in [7, 11) is 0. The number of nitrogens with two attached hydrogens (primary N) is 1. The van der Waals surface area contributed by atoms with Gasteiger partial charge in [0.1, 0.15) is 11.6 Å². The van der Waals surface area contributed by atoms with Crippen molar-refractivity contribution in [3.05, 3.63) is 0 Å². The minimum atomic E-state index is -1.03. The molecule has 1 aliphatic rings. The summed E-state index contributed by atoms with van der Waals surface area (Å²) in [6.45, 7) is 5.51. The lowest BCUT2D eigenvalue weighted by molar-refractivity contribution is -0.199. The van der Waals surface area contributed by atoms with Gasteiger partial charge in [-0.1, -0.05) is 0 Å². The zero-order valence-corrected chi connectivity index (χ0v) is 14.3. The minimum absolute atomic E-state index is 0.00342. The predicted molar refractivity (Wildman–Crippen MR) is 83.2 cm³/mol. The third-order valence-corrected chi connectivity index (χ3v) is 3.11. The molecule has 1 saturated heterocycles. The summed E-state index contributed by atoms with van der Waals surface area (Å²) >= 11 is 0. The molecule has 3 amide bonds. The van der Waals surface area contributed by atoms with Gasteiger partial charge in [0, 0.05) is 12.8 Å². The predicted octanol–water partition coefficient (Wildman–Crippen LogP) is 0.616. The zero-order chi connectivity index (χ0) is 18.3. The van der Waals surface area contributed by atoms with Crippen LogP contribution in [0.4, 0.5) is 4.79 Å². The van der Waals surface area contributed by atoms with Crippen LogP contribution in [0.5, 0.6) is 0 Å². The number of rotatable bonds is 7. The molecule has 0 aliphatic carbocycles. The fourth-order valence-electron chi connectivity index (χ4n) is 2.00. The molecule has 1 unspecified atom stereocenters. The number of nitrogens with zero attached hydrogens (tertiary/aromatic N) is 1. The third-order valence-electron chi connectivity index (χ3n) is 3.11. The van der Waals surface area contributed by atoms with E-state index in [0.29, 0.717) is 24.4 Å². The van der Waals surface area contributed by atoms with Gasteiger partial charge in [-0.3, -0.25) is 9.59 Å². The van der Waals surface area contributed by atoms with Gasteiger partial charge in [0.25, 0.3) is 11.8 Å². The van der Waals surface area contributed by atoms with E-state index in [1.807, 2.05) is 0 Å². The van der Waals surface area contributed by atoms with Gasteiger partial charge in [0.2, 0.25) is 0 Å². The van der Waals surface area contributed by atoms with Crippen molar-refractivity contribution >= 4 is 23.9 Å². The number of hydrogen-bond acceptors (Lipinski definition) is 7. The molecule has 1 heterocycles. The van der Waals surface area contributed by atoms with Crippen LogP contribution in [0.25, 0.3) is 0 Å². The van der Waals surface area contributed by atoms with Crippen LogP contribution in [0, 0.1) is 0 Å². The van der Waals surface area contributed by atoms with Crippen LogP contribution in [0.2, 0.25) is 0 Å². The van der Waals surface area contributed by atoms with Crippen molar-refractivity contribution in [1.82, 2.24) is 10.4 Å². The van der Waals surface area contributed by atoms with Gasteiger partial charge in [-0.05, 0) is 46.6 Å². The molecule has 0 spiro atoms. The smallest absolute Gasteiger partial charge is 0.408 e. The Kier molecular flexibility index (Phi) is 7.15. The van der Waals surface area contributed by atoms with Gasteiger partial charge < -0.3 is 20.6 Å². The van der Waals surface area contributed by atoms with Gasteiger partial charge in [-0.2, -0.15) is 0 Å². The molecule has 0 saturated carbocycles. The van der Waals surface area contributed by atoms with Gasteiger partial charge in [-0.15, -0.1) is 5.06 Å². The lowest BCUT2D eigenvalue weighted by Gasteiger charge is -2.23. The molecule has 136 valence electrons. The minimum Gasteiger partial charge on any atom is -0.444 e. The van der Waals surface area contributed by atoms with Crippen LogP contribution in [0.15, 0.2) is 0 Å². The lowest BCUT2D eigenvalue weighted by Crippen LogP contribution is -2.46. The molecular weight excluding hydrogens is 318 g/mol. The van der Waals surface area contributed by atoms with E-state index in [0.717, 1.165) is 0 Å². The highest BCUT2D eigenvalue weighted by molar-refractivity contribution is 6.01. The highest BCUT2D eigenvalue weighted by Crippen LogP contribution is 2.14. The Hall–Kier alpha value is -2.16. The third kappa shape index (κ3) is 6.53. The van der Waals surface area contributed by atoms with Gasteiger partial charge in [-0.25, -0.2) is 9.59 Å². The number of hydrogen-bond donors (Lipinski definition) is 2. The van der Waals surface area contributed by atoms with E-state index < -0.39 is 35.5 Å². The molecule has 9 heteroatoms. The molecule has 0 aromatic rings. The number of unbranched alkanes of at least 4 members (excludes halogenated alkanes) is 1. The molecule has 0 bridgehead atoms. The van der Waals surface area contributed by atoms with Crippen LogP contribution in [-0.4, -0.2) is 47.1 Å². The largest absolute Gasteiger partial charge is 0.444 e. The maximum Gasteiger partial charge on any atom is 0.408 e. The van der Waals surface area contributed by atoms with Crippen LogP contribution in [-0.2, 0) is 24.0 Å². The van der Waals surface area contributed by atoms with E-state index in [1.54, 1.807) is 20.8 Å². The standard InChI is InChI=1S/C15H25N3O6/c1-15(2,3)23-14(22)17-10(6-4-5-9-16)13(21)24-18-11(19)7-8-12(18)20/h10H,4-9,16H2,1-3H3,(H,17,22). The summed E-state index contributed by atoms with van der Waals surface area (Å²) in [6.07, 6.45) is 0.699. The van der Waals surface area contributed by atoms with Crippen molar-refractivity contribution in [3.8, 4) is 0 Å². The molecule has 0 aromatic heterocycles. The van der Waals surface area contributed by atoms with Crippen molar-refractivity contribution < 1.29 is 28.8 Å². The molecule has 24 heavy (non-hydrogen) atoms. The second kappa shape index (κ2) is 8.62. The summed E-state index contributed by atoms with van der Waals surface area (Å²) in [5.74, 6) is -2.04. The number of alkyl carbamates (subject to hydrolysis) is 1. The van der Waals surface area contributed by atoms with Crippen molar-refractivity contribution in [2.24, 2.45) is 5.73 Å². The molecule has 3 N–H and O–H groups in total. The topological polar surface area (TPSA) is 128 Å². The SMILES string of the molecule is CC(C)(C)OC(=O)NC(CCCCN)C(=O)ON1C(=O)CCC1=O. The Morgan fingerprint density at radius 2 is 1.79 bits per heavy atom. The van der Waals surface area contributed by atoms with E-state index in [2.05, 4.69) is 5.32 Å². The second-order valence-corrected chi connectivity index (χ2v) is 6.48. The Labute approximate surface area is 140 Å². The molecule has 9 nitrogen and oxygen atoms in total. The maximum atomic E-state index is 12.2.